The number of anilines is 3. The quantitative estimate of drug-likeness (QED) is 0.743. The summed E-state index contributed by atoms with van der Waals surface area (Å²) >= 11 is 0. The van der Waals surface area contributed by atoms with E-state index in [9.17, 15) is 9.59 Å². The van der Waals surface area contributed by atoms with Gasteiger partial charge < -0.3 is 16.4 Å². The number of nitrogens with one attached hydrogen (secondary N) is 2. The van der Waals surface area contributed by atoms with Gasteiger partial charge in [-0.05, 0) is 40.5 Å². The maximum Gasteiger partial charge on any atom is 0.281 e. The lowest BCUT2D eigenvalue weighted by atomic mass is 10.0. The first-order valence-electron chi connectivity index (χ1n) is 5.95. The number of hydrogen-bond donors (Lipinski definition) is 3. The SMILES string of the molecule is Nc1nonc1C(=O)Nc1ccc2c(c1)CCC(=O)N2. The van der Waals surface area contributed by atoms with Crippen LogP contribution in [0.5, 0.6) is 0 Å². The molecule has 20 heavy (non-hydrogen) atoms. The summed E-state index contributed by atoms with van der Waals surface area (Å²) in [6, 6.07) is 5.23. The number of fused-ring (bicyclic) bond motifs is 1. The Morgan fingerprint density at radius 2 is 2.20 bits per heavy atom. The fourth-order valence-electron chi connectivity index (χ4n) is 2.00. The van der Waals surface area contributed by atoms with Gasteiger partial charge in [0.1, 0.15) is 0 Å². The molecular weight excluding hydrogens is 262 g/mol. The van der Waals surface area contributed by atoms with Crippen molar-refractivity contribution in [1.82, 2.24) is 10.3 Å². The van der Waals surface area contributed by atoms with Crippen LogP contribution in [0.1, 0.15) is 22.5 Å². The van der Waals surface area contributed by atoms with E-state index in [2.05, 4.69) is 25.6 Å². The Morgan fingerprint density at radius 1 is 1.35 bits per heavy atom. The van der Waals surface area contributed by atoms with Gasteiger partial charge in [-0.1, -0.05) is 0 Å². The van der Waals surface area contributed by atoms with E-state index >= 15 is 0 Å². The Labute approximate surface area is 113 Å². The molecule has 2 aromatic rings. The van der Waals surface area contributed by atoms with E-state index < -0.39 is 5.91 Å². The summed E-state index contributed by atoms with van der Waals surface area (Å²) < 4.78 is 4.37. The van der Waals surface area contributed by atoms with Gasteiger partial charge in [0, 0.05) is 17.8 Å². The van der Waals surface area contributed by atoms with Gasteiger partial charge in [0.05, 0.1) is 0 Å². The summed E-state index contributed by atoms with van der Waals surface area (Å²) in [5.41, 5.74) is 7.71. The molecule has 0 aliphatic carbocycles. The maximum atomic E-state index is 11.9. The number of carbonyl (C=O) groups excluding carboxylic acids is 2. The van der Waals surface area contributed by atoms with Crippen LogP contribution in [0.3, 0.4) is 0 Å². The third kappa shape index (κ3) is 2.18. The molecule has 0 spiro atoms. The predicted octanol–water partition coefficient (Wildman–Crippen LogP) is 0.789. The number of rotatable bonds is 2. The van der Waals surface area contributed by atoms with Crippen molar-refractivity contribution in [1.29, 1.82) is 0 Å². The molecule has 1 aromatic heterocycles. The average Bonchev–Trinajstić information content (AvgIpc) is 2.85. The zero-order chi connectivity index (χ0) is 14.1. The number of hydrogen-bond acceptors (Lipinski definition) is 6. The van der Waals surface area contributed by atoms with Crippen molar-refractivity contribution in [2.45, 2.75) is 12.8 Å². The van der Waals surface area contributed by atoms with Gasteiger partial charge in [-0.15, -0.1) is 0 Å². The highest BCUT2D eigenvalue weighted by molar-refractivity contribution is 6.05. The van der Waals surface area contributed by atoms with E-state index in [1.807, 2.05) is 0 Å². The van der Waals surface area contributed by atoms with Gasteiger partial charge in [-0.25, -0.2) is 4.63 Å². The predicted molar refractivity (Wildman–Crippen MR) is 70.1 cm³/mol. The minimum Gasteiger partial charge on any atom is -0.379 e. The average molecular weight is 273 g/mol. The molecule has 1 aromatic carbocycles. The molecule has 2 amide bonds. The van der Waals surface area contributed by atoms with Crippen LogP contribution in [0, 0.1) is 0 Å². The first-order chi connectivity index (χ1) is 9.63. The van der Waals surface area contributed by atoms with Gasteiger partial charge in [0.15, 0.2) is 0 Å². The van der Waals surface area contributed by atoms with Crippen molar-refractivity contribution < 1.29 is 14.2 Å². The van der Waals surface area contributed by atoms with Crippen LogP contribution in [0.2, 0.25) is 0 Å². The highest BCUT2D eigenvalue weighted by atomic mass is 16.6. The Hall–Kier alpha value is -2.90. The van der Waals surface area contributed by atoms with Crippen molar-refractivity contribution in [3.8, 4) is 0 Å². The number of nitrogens with two attached hydrogens (primary N) is 1. The normalized spacial score (nSPS) is 13.5. The van der Waals surface area contributed by atoms with Gasteiger partial charge in [0.25, 0.3) is 5.91 Å². The van der Waals surface area contributed by atoms with Gasteiger partial charge in [-0.3, -0.25) is 9.59 Å². The van der Waals surface area contributed by atoms with Crippen molar-refractivity contribution in [3.63, 3.8) is 0 Å². The van der Waals surface area contributed by atoms with Crippen molar-refractivity contribution in [2.24, 2.45) is 0 Å². The lowest BCUT2D eigenvalue weighted by Gasteiger charge is -2.17. The second-order valence-corrected chi connectivity index (χ2v) is 4.37. The highest BCUT2D eigenvalue weighted by Gasteiger charge is 2.18. The van der Waals surface area contributed by atoms with Crippen LogP contribution < -0.4 is 16.4 Å². The van der Waals surface area contributed by atoms with Crippen molar-refractivity contribution in [3.05, 3.63) is 29.5 Å². The molecule has 0 saturated heterocycles. The van der Waals surface area contributed by atoms with E-state index in [1.165, 1.54) is 0 Å². The lowest BCUT2D eigenvalue weighted by molar-refractivity contribution is -0.116. The summed E-state index contributed by atoms with van der Waals surface area (Å²) in [6.45, 7) is 0. The minimum absolute atomic E-state index is 0.00395. The topological polar surface area (TPSA) is 123 Å². The molecule has 1 aliphatic heterocycles. The zero-order valence-electron chi connectivity index (χ0n) is 10.3. The molecule has 0 fully saturated rings. The van der Waals surface area contributed by atoms with E-state index in [0.717, 1.165) is 11.3 Å². The molecule has 0 atom stereocenters. The summed E-state index contributed by atoms with van der Waals surface area (Å²) in [5.74, 6) is -0.563. The van der Waals surface area contributed by atoms with Gasteiger partial charge >= 0.3 is 0 Å². The molecule has 102 valence electrons. The molecule has 2 heterocycles. The molecule has 4 N–H and O–H groups in total. The van der Waals surface area contributed by atoms with E-state index in [4.69, 9.17) is 5.73 Å². The Balaban J connectivity index is 1.80. The summed E-state index contributed by atoms with van der Waals surface area (Å²) in [7, 11) is 0. The largest absolute Gasteiger partial charge is 0.379 e. The Kier molecular flexibility index (Phi) is 2.82. The fraction of sp³-hybridized carbons (Fsp3) is 0.167. The maximum absolute atomic E-state index is 11.9. The summed E-state index contributed by atoms with van der Waals surface area (Å²) in [5, 5.41) is 12.2. The van der Waals surface area contributed by atoms with Crippen LogP contribution in [0.25, 0.3) is 0 Å². The molecule has 0 saturated carbocycles. The lowest BCUT2D eigenvalue weighted by Crippen LogP contribution is -2.19. The van der Waals surface area contributed by atoms with Crippen LogP contribution in [0.15, 0.2) is 22.8 Å². The number of nitrogen functional groups attached to an aromatic ring is 1. The number of amides is 2. The molecule has 0 unspecified atom stereocenters. The molecule has 8 heteroatoms. The molecular formula is C12H11N5O3. The fourth-order valence-corrected chi connectivity index (χ4v) is 2.00. The van der Waals surface area contributed by atoms with Gasteiger partial charge in [0.2, 0.25) is 17.4 Å². The molecule has 8 nitrogen and oxygen atoms in total. The molecule has 3 rings (SSSR count). The highest BCUT2D eigenvalue weighted by Crippen LogP contribution is 2.26. The molecule has 0 radical (unpaired) electrons. The van der Waals surface area contributed by atoms with E-state index in [1.54, 1.807) is 18.2 Å². The van der Waals surface area contributed by atoms with Crippen LogP contribution in [-0.2, 0) is 11.2 Å². The van der Waals surface area contributed by atoms with E-state index in [0.29, 0.717) is 18.5 Å². The third-order valence-corrected chi connectivity index (χ3v) is 2.99. The standard InChI is InChI=1S/C12H11N5O3/c13-11-10(16-20-17-11)12(19)14-7-2-3-8-6(5-7)1-4-9(18)15-8/h2-3,5H,1,4H2,(H2,13,17)(H,14,19)(H,15,18). The minimum atomic E-state index is -0.497. The molecule has 1 aliphatic rings. The molecule has 0 bridgehead atoms. The number of aromatic nitrogens is 2. The Morgan fingerprint density at radius 3 is 2.95 bits per heavy atom. The number of nitrogens with zero attached hydrogens (tertiary/aromatic N) is 2. The second-order valence-electron chi connectivity index (χ2n) is 4.37. The first-order valence-corrected chi connectivity index (χ1v) is 5.95. The summed E-state index contributed by atoms with van der Waals surface area (Å²) in [4.78, 5) is 23.2. The number of aryl methyl sites for hydroxylation is 1. The number of benzene rings is 1. The van der Waals surface area contributed by atoms with Crippen LogP contribution in [-0.4, -0.2) is 22.1 Å². The van der Waals surface area contributed by atoms with Crippen molar-refractivity contribution >= 4 is 29.0 Å². The second kappa shape index (κ2) is 4.65. The van der Waals surface area contributed by atoms with Gasteiger partial charge in [-0.2, -0.15) is 0 Å². The smallest absolute Gasteiger partial charge is 0.281 e. The first kappa shape index (κ1) is 12.2. The number of carbonyl (C=O) groups is 2. The third-order valence-electron chi connectivity index (χ3n) is 2.99. The van der Waals surface area contributed by atoms with Crippen LogP contribution >= 0.6 is 0 Å². The van der Waals surface area contributed by atoms with E-state index in [-0.39, 0.29) is 17.4 Å². The summed E-state index contributed by atoms with van der Waals surface area (Å²) in [6.07, 6.45) is 1.07. The Bertz CT molecular complexity index is 694. The zero-order valence-corrected chi connectivity index (χ0v) is 10.3. The van der Waals surface area contributed by atoms with Crippen molar-refractivity contribution in [2.75, 3.05) is 16.4 Å². The van der Waals surface area contributed by atoms with Crippen LogP contribution in [0.4, 0.5) is 17.2 Å². The monoisotopic (exact) mass is 273 g/mol.